The minimum absolute atomic E-state index is 0.125. The Labute approximate surface area is 204 Å². The topological polar surface area (TPSA) is 69.7 Å². The van der Waals surface area contributed by atoms with Crippen LogP contribution in [0.2, 0.25) is 0 Å². The highest BCUT2D eigenvalue weighted by Gasteiger charge is 2.31. The minimum atomic E-state index is -0.125. The number of ether oxygens (including phenoxy) is 2. The predicted molar refractivity (Wildman–Crippen MR) is 132 cm³/mol. The summed E-state index contributed by atoms with van der Waals surface area (Å²) in [7, 11) is 1.62. The van der Waals surface area contributed by atoms with Gasteiger partial charge in [0.2, 0.25) is 5.88 Å². The van der Waals surface area contributed by atoms with Crippen LogP contribution in [-0.4, -0.2) is 34.2 Å². The van der Waals surface area contributed by atoms with E-state index in [1.165, 1.54) is 6.26 Å². The van der Waals surface area contributed by atoms with Gasteiger partial charge < -0.3 is 18.8 Å². The number of nitrogens with zero attached hydrogens (tertiary/aromatic N) is 3. The van der Waals surface area contributed by atoms with Crippen LogP contribution < -0.4 is 9.47 Å². The maximum atomic E-state index is 13.4. The van der Waals surface area contributed by atoms with Crippen molar-refractivity contribution >= 4 is 5.91 Å². The van der Waals surface area contributed by atoms with Crippen LogP contribution >= 0.6 is 0 Å². The summed E-state index contributed by atoms with van der Waals surface area (Å²) in [4.78, 5) is 15.2. The smallest absolute Gasteiger partial charge is 0.289 e. The highest BCUT2D eigenvalue weighted by molar-refractivity contribution is 5.91. The van der Waals surface area contributed by atoms with Crippen molar-refractivity contribution in [2.75, 3.05) is 13.7 Å². The summed E-state index contributed by atoms with van der Waals surface area (Å²) in [6.45, 7) is 3.11. The fraction of sp³-hybridized carbons (Fsp3) is 0.286. The molecule has 1 aliphatic rings. The molecule has 7 heteroatoms. The summed E-state index contributed by atoms with van der Waals surface area (Å²) in [6.07, 6.45) is 4.50. The molecule has 2 heterocycles. The van der Waals surface area contributed by atoms with Gasteiger partial charge in [-0.3, -0.25) is 4.79 Å². The van der Waals surface area contributed by atoms with Gasteiger partial charge in [-0.2, -0.15) is 5.10 Å². The first-order chi connectivity index (χ1) is 17.2. The summed E-state index contributed by atoms with van der Waals surface area (Å²) >= 11 is 0. The van der Waals surface area contributed by atoms with E-state index in [-0.39, 0.29) is 5.91 Å². The van der Waals surface area contributed by atoms with Gasteiger partial charge in [0.1, 0.15) is 0 Å². The lowest BCUT2D eigenvalue weighted by Crippen LogP contribution is -2.32. The third-order valence-electron chi connectivity index (χ3n) is 6.17. The summed E-state index contributed by atoms with van der Waals surface area (Å²) in [6, 6.07) is 20.9. The average molecular weight is 472 g/mol. The number of carbonyl (C=O) groups excluding carboxylic acids is 1. The van der Waals surface area contributed by atoms with E-state index in [1.54, 1.807) is 19.2 Å². The van der Waals surface area contributed by atoms with Crippen molar-refractivity contribution in [3.8, 4) is 23.1 Å². The van der Waals surface area contributed by atoms with E-state index >= 15 is 0 Å². The first kappa shape index (κ1) is 22.8. The molecule has 1 saturated carbocycles. The summed E-state index contributed by atoms with van der Waals surface area (Å²) < 4.78 is 19.3. The zero-order valence-electron chi connectivity index (χ0n) is 20.0. The van der Waals surface area contributed by atoms with Crippen molar-refractivity contribution in [1.82, 2.24) is 14.7 Å². The Hall–Kier alpha value is -4.00. The number of amides is 1. The van der Waals surface area contributed by atoms with Crippen molar-refractivity contribution in [1.29, 1.82) is 0 Å². The van der Waals surface area contributed by atoms with Crippen LogP contribution in [0.3, 0.4) is 0 Å². The Morgan fingerprint density at radius 3 is 2.46 bits per heavy atom. The van der Waals surface area contributed by atoms with E-state index in [4.69, 9.17) is 19.0 Å². The van der Waals surface area contributed by atoms with Crippen molar-refractivity contribution in [3.05, 3.63) is 90.0 Å². The third-order valence-corrected chi connectivity index (χ3v) is 6.17. The van der Waals surface area contributed by atoms with E-state index in [0.717, 1.165) is 29.8 Å². The van der Waals surface area contributed by atoms with E-state index in [2.05, 4.69) is 6.92 Å². The third kappa shape index (κ3) is 4.94. The van der Waals surface area contributed by atoms with Crippen molar-refractivity contribution in [3.63, 3.8) is 0 Å². The van der Waals surface area contributed by atoms with E-state index in [9.17, 15) is 4.79 Å². The van der Waals surface area contributed by atoms with Gasteiger partial charge in [0, 0.05) is 6.54 Å². The number of carbonyl (C=O) groups is 1. The zero-order chi connectivity index (χ0) is 24.2. The molecule has 1 amide bonds. The predicted octanol–water partition coefficient (Wildman–Crippen LogP) is 5.88. The molecule has 0 atom stereocenters. The van der Waals surface area contributed by atoms with E-state index < -0.39 is 0 Å². The SMILES string of the molecule is CCc1nn(-c2ccccc2)c(Oc2ccccc2OC)c1CN(CC1CC1)C(=O)c1ccco1. The van der Waals surface area contributed by atoms with Crippen LogP contribution in [0.15, 0.2) is 77.4 Å². The molecule has 0 N–H and O–H groups in total. The average Bonchev–Trinajstić information content (AvgIpc) is 3.41. The summed E-state index contributed by atoms with van der Waals surface area (Å²) in [5.41, 5.74) is 2.64. The maximum Gasteiger partial charge on any atom is 0.289 e. The molecular formula is C28H29N3O4. The number of methoxy groups -OCH3 is 1. The number of para-hydroxylation sites is 3. The number of hydrogen-bond acceptors (Lipinski definition) is 5. The van der Waals surface area contributed by atoms with Crippen molar-refractivity contribution in [2.24, 2.45) is 5.92 Å². The number of aromatic nitrogens is 2. The van der Waals surface area contributed by atoms with Crippen LogP contribution in [0.5, 0.6) is 17.4 Å². The molecular weight excluding hydrogens is 442 g/mol. The molecule has 35 heavy (non-hydrogen) atoms. The number of hydrogen-bond donors (Lipinski definition) is 0. The normalized spacial score (nSPS) is 13.0. The minimum Gasteiger partial charge on any atom is -0.493 e. The zero-order valence-corrected chi connectivity index (χ0v) is 20.0. The fourth-order valence-electron chi connectivity index (χ4n) is 4.16. The molecule has 4 aromatic rings. The summed E-state index contributed by atoms with van der Waals surface area (Å²) in [5, 5.41) is 4.91. The number of rotatable bonds is 10. The van der Waals surface area contributed by atoms with Crippen molar-refractivity contribution in [2.45, 2.75) is 32.7 Å². The fourth-order valence-corrected chi connectivity index (χ4v) is 4.16. The Morgan fingerprint density at radius 1 is 1.06 bits per heavy atom. The molecule has 0 saturated heterocycles. The molecule has 0 aliphatic heterocycles. The van der Waals surface area contributed by atoms with Gasteiger partial charge >= 0.3 is 0 Å². The van der Waals surface area contributed by atoms with Gasteiger partial charge in [-0.05, 0) is 61.6 Å². The van der Waals surface area contributed by atoms with E-state index in [0.29, 0.717) is 48.6 Å². The number of benzene rings is 2. The Bertz CT molecular complexity index is 1280. The van der Waals surface area contributed by atoms with Crippen LogP contribution in [0.1, 0.15) is 41.6 Å². The molecule has 0 radical (unpaired) electrons. The van der Waals surface area contributed by atoms with E-state index in [1.807, 2.05) is 64.2 Å². The highest BCUT2D eigenvalue weighted by atomic mass is 16.5. The van der Waals surface area contributed by atoms with Gasteiger partial charge in [-0.15, -0.1) is 0 Å². The number of aryl methyl sites for hydroxylation is 1. The highest BCUT2D eigenvalue weighted by Crippen LogP contribution is 2.37. The van der Waals surface area contributed by atoms with Gasteiger partial charge in [0.25, 0.3) is 5.91 Å². The van der Waals surface area contributed by atoms with Crippen LogP contribution in [-0.2, 0) is 13.0 Å². The summed E-state index contributed by atoms with van der Waals surface area (Å²) in [5.74, 6) is 2.51. The lowest BCUT2D eigenvalue weighted by molar-refractivity contribution is 0.0701. The van der Waals surface area contributed by atoms with Crippen LogP contribution in [0.25, 0.3) is 5.69 Å². The second kappa shape index (κ2) is 10.1. The molecule has 2 aromatic carbocycles. The second-order valence-corrected chi connectivity index (χ2v) is 8.69. The Kier molecular flexibility index (Phi) is 6.57. The molecule has 7 nitrogen and oxygen atoms in total. The van der Waals surface area contributed by atoms with Gasteiger partial charge in [0.15, 0.2) is 17.3 Å². The molecule has 0 unspecified atom stereocenters. The largest absolute Gasteiger partial charge is 0.493 e. The monoisotopic (exact) mass is 471 g/mol. The van der Waals surface area contributed by atoms with Crippen LogP contribution in [0.4, 0.5) is 0 Å². The van der Waals surface area contributed by atoms with Crippen molar-refractivity contribution < 1.29 is 18.7 Å². The second-order valence-electron chi connectivity index (χ2n) is 8.69. The van der Waals surface area contributed by atoms with Gasteiger partial charge in [-0.25, -0.2) is 4.68 Å². The number of furan rings is 1. The first-order valence-corrected chi connectivity index (χ1v) is 12.0. The molecule has 2 aromatic heterocycles. The standard InChI is InChI=1S/C28H29N3O4/c1-3-23-22(19-30(18-20-15-16-20)27(32)26-14-9-17-34-26)28(31(29-23)21-10-5-4-6-11-21)35-25-13-8-7-12-24(25)33-2/h4-14,17,20H,3,15-16,18-19H2,1-2H3. The molecule has 0 spiro atoms. The molecule has 0 bridgehead atoms. The molecule has 1 fully saturated rings. The Balaban J connectivity index is 1.59. The first-order valence-electron chi connectivity index (χ1n) is 12.0. The lowest BCUT2D eigenvalue weighted by atomic mass is 10.1. The molecule has 1 aliphatic carbocycles. The maximum absolute atomic E-state index is 13.4. The van der Waals surface area contributed by atoms with Gasteiger partial charge in [-0.1, -0.05) is 37.3 Å². The molecule has 5 rings (SSSR count). The van der Waals surface area contributed by atoms with Gasteiger partial charge in [0.05, 0.1) is 36.9 Å². The Morgan fingerprint density at radius 2 is 1.80 bits per heavy atom. The van der Waals surface area contributed by atoms with Crippen LogP contribution in [0, 0.1) is 5.92 Å². The molecule has 180 valence electrons. The lowest BCUT2D eigenvalue weighted by Gasteiger charge is -2.22. The quantitative estimate of drug-likeness (QED) is 0.289.